The van der Waals surface area contributed by atoms with Crippen LogP contribution in [0.2, 0.25) is 0 Å². The second-order valence-corrected chi connectivity index (χ2v) is 4.71. The molecular weight excluding hydrogens is 274 g/mol. The highest BCUT2D eigenvalue weighted by Gasteiger charge is 2.12. The molecule has 0 bridgehead atoms. The standard InChI is InChI=1S/C14H19N3O4/c1-11(14(19)20-2)3-4-17-13(18)9-12(10-15-17)16-5-7-21-8-6-16/h3,9-10H,4-8H2,1-2H3. The second kappa shape index (κ2) is 7.03. The maximum Gasteiger partial charge on any atom is 0.333 e. The normalized spacial score (nSPS) is 15.9. The zero-order chi connectivity index (χ0) is 15.2. The summed E-state index contributed by atoms with van der Waals surface area (Å²) in [5, 5.41) is 4.14. The number of ether oxygens (including phenoxy) is 2. The minimum absolute atomic E-state index is 0.201. The average molecular weight is 293 g/mol. The van der Waals surface area contributed by atoms with Crippen LogP contribution in [0.4, 0.5) is 5.69 Å². The summed E-state index contributed by atoms with van der Waals surface area (Å²) in [5.74, 6) is -0.409. The van der Waals surface area contributed by atoms with E-state index >= 15 is 0 Å². The molecule has 0 aliphatic carbocycles. The largest absolute Gasteiger partial charge is 0.466 e. The lowest BCUT2D eigenvalue weighted by Gasteiger charge is -2.28. The van der Waals surface area contributed by atoms with Gasteiger partial charge < -0.3 is 14.4 Å². The lowest BCUT2D eigenvalue weighted by molar-refractivity contribution is -0.136. The summed E-state index contributed by atoms with van der Waals surface area (Å²) in [6, 6.07) is 1.56. The summed E-state index contributed by atoms with van der Waals surface area (Å²) >= 11 is 0. The van der Waals surface area contributed by atoms with Gasteiger partial charge in [0.25, 0.3) is 5.56 Å². The third-order valence-electron chi connectivity index (χ3n) is 3.31. The van der Waals surface area contributed by atoms with E-state index in [-0.39, 0.29) is 12.1 Å². The highest BCUT2D eigenvalue weighted by Crippen LogP contribution is 2.11. The van der Waals surface area contributed by atoms with Gasteiger partial charge in [-0.2, -0.15) is 5.10 Å². The summed E-state index contributed by atoms with van der Waals surface area (Å²) in [4.78, 5) is 25.4. The first-order valence-corrected chi connectivity index (χ1v) is 6.77. The molecular formula is C14H19N3O4. The Bertz CT molecular complexity index is 588. The van der Waals surface area contributed by atoms with Crippen molar-refractivity contribution >= 4 is 11.7 Å². The molecule has 0 aromatic carbocycles. The van der Waals surface area contributed by atoms with Crippen molar-refractivity contribution in [3.63, 3.8) is 0 Å². The first-order valence-electron chi connectivity index (χ1n) is 6.77. The zero-order valence-corrected chi connectivity index (χ0v) is 12.2. The van der Waals surface area contributed by atoms with Crippen molar-refractivity contribution in [1.29, 1.82) is 0 Å². The van der Waals surface area contributed by atoms with Gasteiger partial charge in [-0.3, -0.25) is 4.79 Å². The maximum absolute atomic E-state index is 12.0. The number of nitrogens with zero attached hydrogens (tertiary/aromatic N) is 3. The number of methoxy groups -OCH3 is 1. The van der Waals surface area contributed by atoms with Crippen LogP contribution in [0, 0.1) is 0 Å². The van der Waals surface area contributed by atoms with E-state index in [4.69, 9.17) is 4.74 Å². The van der Waals surface area contributed by atoms with Crippen LogP contribution in [0.25, 0.3) is 0 Å². The van der Waals surface area contributed by atoms with Crippen LogP contribution in [0.5, 0.6) is 0 Å². The van der Waals surface area contributed by atoms with Crippen molar-refractivity contribution in [2.24, 2.45) is 0 Å². The van der Waals surface area contributed by atoms with Crippen LogP contribution in [-0.4, -0.2) is 49.2 Å². The molecule has 0 saturated carbocycles. The van der Waals surface area contributed by atoms with Crippen molar-refractivity contribution in [2.45, 2.75) is 13.5 Å². The predicted molar refractivity (Wildman–Crippen MR) is 77.3 cm³/mol. The molecule has 7 heteroatoms. The van der Waals surface area contributed by atoms with Crippen LogP contribution in [0.15, 0.2) is 28.7 Å². The number of anilines is 1. The van der Waals surface area contributed by atoms with E-state index in [0.717, 1.165) is 18.8 Å². The fourth-order valence-electron chi connectivity index (χ4n) is 2.02. The minimum atomic E-state index is -0.409. The minimum Gasteiger partial charge on any atom is -0.466 e. The quantitative estimate of drug-likeness (QED) is 0.583. The van der Waals surface area contributed by atoms with Crippen LogP contribution in [0.3, 0.4) is 0 Å². The van der Waals surface area contributed by atoms with E-state index in [9.17, 15) is 9.59 Å². The van der Waals surface area contributed by atoms with Gasteiger partial charge in [-0.1, -0.05) is 6.08 Å². The Balaban J connectivity index is 2.09. The first kappa shape index (κ1) is 15.2. The molecule has 114 valence electrons. The van der Waals surface area contributed by atoms with E-state index in [1.807, 2.05) is 0 Å². The molecule has 1 aliphatic rings. The summed E-state index contributed by atoms with van der Waals surface area (Å²) < 4.78 is 11.2. The first-order chi connectivity index (χ1) is 10.1. The molecule has 1 saturated heterocycles. The number of aromatic nitrogens is 2. The molecule has 0 N–H and O–H groups in total. The summed E-state index contributed by atoms with van der Waals surface area (Å²) in [7, 11) is 1.32. The molecule has 1 aliphatic heterocycles. The number of esters is 1. The molecule has 0 unspecified atom stereocenters. The fourth-order valence-corrected chi connectivity index (χ4v) is 2.02. The lowest BCUT2D eigenvalue weighted by atomic mass is 10.3. The summed E-state index contributed by atoms with van der Waals surface area (Å²) in [6.45, 7) is 4.70. The summed E-state index contributed by atoms with van der Waals surface area (Å²) in [5.41, 5.74) is 1.05. The summed E-state index contributed by atoms with van der Waals surface area (Å²) in [6.07, 6.45) is 3.28. The van der Waals surface area contributed by atoms with Crippen LogP contribution >= 0.6 is 0 Å². The topological polar surface area (TPSA) is 73.7 Å². The average Bonchev–Trinajstić information content (AvgIpc) is 2.53. The van der Waals surface area contributed by atoms with E-state index < -0.39 is 5.97 Å². The monoisotopic (exact) mass is 293 g/mol. The number of hydrogen-bond acceptors (Lipinski definition) is 6. The van der Waals surface area contributed by atoms with E-state index in [1.165, 1.54) is 11.8 Å². The molecule has 7 nitrogen and oxygen atoms in total. The zero-order valence-electron chi connectivity index (χ0n) is 12.2. The molecule has 1 fully saturated rings. The number of rotatable bonds is 4. The molecule has 0 atom stereocenters. The molecule has 1 aromatic heterocycles. The SMILES string of the molecule is COC(=O)C(C)=CCn1ncc(N2CCOCC2)cc1=O. The fraction of sp³-hybridized carbons (Fsp3) is 0.500. The number of carbonyl (C=O) groups is 1. The third kappa shape index (κ3) is 3.91. The number of morpholine rings is 1. The van der Waals surface area contributed by atoms with Crippen LogP contribution in [-0.2, 0) is 20.8 Å². The molecule has 2 heterocycles. The van der Waals surface area contributed by atoms with Gasteiger partial charge in [0.1, 0.15) is 0 Å². The van der Waals surface area contributed by atoms with Crippen LogP contribution < -0.4 is 10.5 Å². The molecule has 1 aromatic rings. The predicted octanol–water partition coefficient (Wildman–Crippen LogP) is 0.199. The molecule has 2 rings (SSSR count). The molecule has 0 radical (unpaired) electrons. The lowest BCUT2D eigenvalue weighted by Crippen LogP contribution is -2.37. The smallest absolute Gasteiger partial charge is 0.333 e. The van der Waals surface area contributed by atoms with Gasteiger partial charge in [-0.15, -0.1) is 0 Å². The van der Waals surface area contributed by atoms with Gasteiger partial charge in [0.05, 0.1) is 38.8 Å². The van der Waals surface area contributed by atoms with Crippen molar-refractivity contribution in [2.75, 3.05) is 38.3 Å². The van der Waals surface area contributed by atoms with E-state index in [2.05, 4.69) is 14.7 Å². The Labute approximate surface area is 122 Å². The molecule has 21 heavy (non-hydrogen) atoms. The Kier molecular flexibility index (Phi) is 5.10. The Morgan fingerprint density at radius 1 is 1.48 bits per heavy atom. The van der Waals surface area contributed by atoms with Crippen molar-refractivity contribution in [1.82, 2.24) is 9.78 Å². The van der Waals surface area contributed by atoms with E-state index in [0.29, 0.717) is 18.8 Å². The van der Waals surface area contributed by atoms with Gasteiger partial charge in [0.15, 0.2) is 0 Å². The number of carbonyl (C=O) groups excluding carboxylic acids is 1. The van der Waals surface area contributed by atoms with Crippen molar-refractivity contribution < 1.29 is 14.3 Å². The van der Waals surface area contributed by atoms with Gasteiger partial charge in [-0.25, -0.2) is 9.48 Å². The maximum atomic E-state index is 12.0. The van der Waals surface area contributed by atoms with Crippen molar-refractivity contribution in [3.05, 3.63) is 34.3 Å². The Hall–Kier alpha value is -2.15. The highest BCUT2D eigenvalue weighted by atomic mass is 16.5. The molecule has 0 amide bonds. The van der Waals surface area contributed by atoms with Crippen molar-refractivity contribution in [3.8, 4) is 0 Å². The second-order valence-electron chi connectivity index (χ2n) is 4.71. The third-order valence-corrected chi connectivity index (χ3v) is 3.31. The Morgan fingerprint density at radius 2 is 2.19 bits per heavy atom. The van der Waals surface area contributed by atoms with Gasteiger partial charge >= 0.3 is 5.97 Å². The van der Waals surface area contributed by atoms with Gasteiger partial charge in [0.2, 0.25) is 0 Å². The van der Waals surface area contributed by atoms with Crippen LogP contribution in [0.1, 0.15) is 6.92 Å². The van der Waals surface area contributed by atoms with E-state index in [1.54, 1.807) is 25.3 Å². The number of hydrogen-bond donors (Lipinski definition) is 0. The highest BCUT2D eigenvalue weighted by molar-refractivity contribution is 5.87. The number of allylic oxidation sites excluding steroid dienone is 1. The Morgan fingerprint density at radius 3 is 2.81 bits per heavy atom. The molecule has 0 spiro atoms. The van der Waals surface area contributed by atoms with Gasteiger partial charge in [0, 0.05) is 24.7 Å². The van der Waals surface area contributed by atoms with Gasteiger partial charge in [-0.05, 0) is 6.92 Å².